The Bertz CT molecular complexity index is 3860. The molecular formula is C68H56. The smallest absolute Gasteiger partial charge is 0.0318 e. The molecule has 0 spiro atoms. The summed E-state index contributed by atoms with van der Waals surface area (Å²) in [6.45, 7) is 19.6. The third-order valence-corrected chi connectivity index (χ3v) is 16.5. The minimum absolute atomic E-state index is 0.0763. The van der Waals surface area contributed by atoms with Crippen LogP contribution in [0.3, 0.4) is 0 Å². The van der Waals surface area contributed by atoms with Crippen LogP contribution in [0.2, 0.25) is 0 Å². The van der Waals surface area contributed by atoms with E-state index in [0.29, 0.717) is 0 Å². The summed E-state index contributed by atoms with van der Waals surface area (Å²) >= 11 is 0. The number of benzene rings is 11. The molecule has 0 bridgehead atoms. The second kappa shape index (κ2) is 14.1. The summed E-state index contributed by atoms with van der Waals surface area (Å²) in [4.78, 5) is 0. The zero-order valence-electron chi connectivity index (χ0n) is 40.5. The van der Waals surface area contributed by atoms with E-state index < -0.39 is 0 Å². The Morgan fingerprint density at radius 1 is 0.279 bits per heavy atom. The summed E-state index contributed by atoms with van der Waals surface area (Å²) in [6.07, 6.45) is 0. The van der Waals surface area contributed by atoms with E-state index in [1.807, 2.05) is 0 Å². The molecule has 0 saturated heterocycles. The lowest BCUT2D eigenvalue weighted by Crippen LogP contribution is -2.50. The van der Waals surface area contributed by atoms with Crippen molar-refractivity contribution in [1.29, 1.82) is 0 Å². The van der Waals surface area contributed by atoms with Crippen molar-refractivity contribution in [2.24, 2.45) is 10.8 Å². The van der Waals surface area contributed by atoms with Crippen molar-refractivity contribution in [1.82, 2.24) is 0 Å². The van der Waals surface area contributed by atoms with Gasteiger partial charge < -0.3 is 0 Å². The summed E-state index contributed by atoms with van der Waals surface area (Å²) in [5.74, 6) is 0. The van der Waals surface area contributed by atoms with Crippen LogP contribution in [0.15, 0.2) is 194 Å². The molecule has 0 aromatic heterocycles. The minimum atomic E-state index is -0.314. The molecule has 2 aliphatic carbocycles. The van der Waals surface area contributed by atoms with Gasteiger partial charge in [0, 0.05) is 10.8 Å². The first-order valence-corrected chi connectivity index (χ1v) is 24.6. The molecule has 0 N–H and O–H groups in total. The maximum absolute atomic E-state index is 2.61. The topological polar surface area (TPSA) is 0 Å². The van der Waals surface area contributed by atoms with Crippen LogP contribution < -0.4 is 0 Å². The van der Waals surface area contributed by atoms with Crippen molar-refractivity contribution in [2.45, 2.75) is 66.2 Å². The number of hydrogen-bond donors (Lipinski definition) is 0. The molecule has 0 nitrogen and oxygen atoms in total. The van der Waals surface area contributed by atoms with Crippen molar-refractivity contribution in [2.75, 3.05) is 0 Å². The van der Waals surface area contributed by atoms with Crippen molar-refractivity contribution in [3.63, 3.8) is 0 Å². The highest BCUT2D eigenvalue weighted by Gasteiger charge is 2.59. The molecule has 0 amide bonds. The lowest BCUT2D eigenvalue weighted by molar-refractivity contribution is 0.0965. The van der Waals surface area contributed by atoms with Gasteiger partial charge in [0.1, 0.15) is 0 Å². The molecule has 11 aromatic rings. The molecule has 0 saturated carbocycles. The van der Waals surface area contributed by atoms with Gasteiger partial charge in [0.05, 0.1) is 0 Å². The molecule has 0 unspecified atom stereocenters. The lowest BCUT2D eigenvalue weighted by atomic mass is 9.49. The molecule has 0 heteroatoms. The number of hydrogen-bond acceptors (Lipinski definition) is 0. The molecular weight excluding hydrogens is 817 g/mol. The number of fused-ring (bicyclic) bond motifs is 15. The summed E-state index contributed by atoms with van der Waals surface area (Å²) in [5.41, 5.74) is 18.2. The average molecular weight is 873 g/mol. The Labute approximate surface area is 400 Å². The van der Waals surface area contributed by atoms with E-state index >= 15 is 0 Å². The van der Waals surface area contributed by atoms with Gasteiger partial charge in [-0.2, -0.15) is 0 Å². The largest absolute Gasteiger partial charge is 0.0619 e. The van der Waals surface area contributed by atoms with E-state index in [9.17, 15) is 0 Å². The summed E-state index contributed by atoms with van der Waals surface area (Å²) < 4.78 is 0. The van der Waals surface area contributed by atoms with Gasteiger partial charge in [-0.25, -0.2) is 0 Å². The van der Waals surface area contributed by atoms with Gasteiger partial charge in [-0.15, -0.1) is 0 Å². The number of rotatable bonds is 3. The molecule has 2 aliphatic rings. The van der Waals surface area contributed by atoms with Crippen LogP contribution in [0.1, 0.15) is 77.6 Å². The van der Waals surface area contributed by atoms with E-state index in [0.717, 1.165) is 0 Å². The Balaban J connectivity index is 1.03. The van der Waals surface area contributed by atoms with E-state index in [2.05, 4.69) is 250 Å². The first-order chi connectivity index (χ1) is 32.8. The fraction of sp³-hybridized carbons (Fsp3) is 0.176. The van der Waals surface area contributed by atoms with Crippen LogP contribution in [0.25, 0.3) is 109 Å². The molecule has 68 heavy (non-hydrogen) atoms. The van der Waals surface area contributed by atoms with Crippen LogP contribution in [-0.2, 0) is 10.8 Å². The quantitative estimate of drug-likeness (QED) is 0.123. The average Bonchev–Trinajstić information content (AvgIpc) is 3.80. The van der Waals surface area contributed by atoms with E-state index in [-0.39, 0.29) is 21.7 Å². The molecule has 11 aromatic carbocycles. The van der Waals surface area contributed by atoms with Crippen LogP contribution >= 0.6 is 0 Å². The maximum atomic E-state index is 2.61. The van der Waals surface area contributed by atoms with E-state index in [1.165, 1.54) is 132 Å². The highest BCUT2D eigenvalue weighted by atomic mass is 14.6. The zero-order valence-corrected chi connectivity index (χ0v) is 40.5. The fourth-order valence-corrected chi connectivity index (χ4v) is 14.2. The Morgan fingerprint density at radius 2 is 0.676 bits per heavy atom. The molecule has 0 heterocycles. The molecule has 0 aliphatic heterocycles. The standard InChI is InChI=1S/C68H56/c1-65(2,3)68(66(4,5)6)59-40-56(46-23-10-12-25-49(46)62(59)63-50-26-13-9-21-44(50)45-22-11-18-31-55(45)64(63)68)41-33-35-42(36-34-41)60-51-27-14-16-29-53(51)61(54-30-17-15-28-52(54)60)43-37-38-48-47-24-19-20-32-57(47)67(7,8)58(48)39-43/h9-40H,1-8H3. The van der Waals surface area contributed by atoms with Gasteiger partial charge in [0.15, 0.2) is 0 Å². The molecule has 13 rings (SSSR count). The van der Waals surface area contributed by atoms with Crippen molar-refractivity contribution < 1.29 is 0 Å². The predicted molar refractivity (Wildman–Crippen MR) is 293 cm³/mol. The van der Waals surface area contributed by atoms with Crippen LogP contribution in [-0.4, -0.2) is 0 Å². The lowest BCUT2D eigenvalue weighted by Gasteiger charge is -2.53. The predicted octanol–water partition coefficient (Wildman–Crippen LogP) is 19.1. The third kappa shape index (κ3) is 5.32. The minimum Gasteiger partial charge on any atom is -0.0619 e. The van der Waals surface area contributed by atoms with Crippen molar-refractivity contribution >= 4 is 53.9 Å². The van der Waals surface area contributed by atoms with Gasteiger partial charge in [-0.3, -0.25) is 0 Å². The van der Waals surface area contributed by atoms with Gasteiger partial charge in [0.25, 0.3) is 0 Å². The third-order valence-electron chi connectivity index (χ3n) is 16.5. The Kier molecular flexibility index (Phi) is 8.51. The normalized spacial score (nSPS) is 14.7. The maximum Gasteiger partial charge on any atom is 0.0318 e. The molecule has 0 fully saturated rings. The van der Waals surface area contributed by atoms with Gasteiger partial charge in [-0.05, 0) is 155 Å². The second-order valence-electron chi connectivity index (χ2n) is 22.3. The Morgan fingerprint density at radius 3 is 1.24 bits per heavy atom. The molecule has 0 atom stereocenters. The molecule has 0 radical (unpaired) electrons. The van der Waals surface area contributed by atoms with Crippen LogP contribution in [0.5, 0.6) is 0 Å². The highest BCUT2D eigenvalue weighted by Crippen LogP contribution is 2.68. The van der Waals surface area contributed by atoms with Gasteiger partial charge >= 0.3 is 0 Å². The SMILES string of the molecule is CC1(C)c2ccccc2-c2ccc(-c3c4ccccc4c(-c4ccc(-c5cc6c(c7ccccc57)-c5c(c7ccccc7c7ccccc57)C6(C(C)(C)C)C(C)(C)C)cc4)c4ccccc34)cc21. The molecule has 328 valence electrons. The fourth-order valence-electron chi connectivity index (χ4n) is 14.2. The van der Waals surface area contributed by atoms with Gasteiger partial charge in [-0.1, -0.05) is 237 Å². The first-order valence-electron chi connectivity index (χ1n) is 24.6. The van der Waals surface area contributed by atoms with Crippen molar-refractivity contribution in [3.05, 3.63) is 216 Å². The second-order valence-corrected chi connectivity index (χ2v) is 22.3. The first kappa shape index (κ1) is 41.0. The van der Waals surface area contributed by atoms with Crippen LogP contribution in [0, 0.1) is 10.8 Å². The Hall–Kier alpha value is -7.28. The summed E-state index contributed by atoms with van der Waals surface area (Å²) in [5, 5.41) is 13.1. The highest BCUT2D eigenvalue weighted by molar-refractivity contribution is 6.24. The van der Waals surface area contributed by atoms with E-state index in [4.69, 9.17) is 0 Å². The van der Waals surface area contributed by atoms with Crippen LogP contribution in [0.4, 0.5) is 0 Å². The zero-order chi connectivity index (χ0) is 46.5. The van der Waals surface area contributed by atoms with Gasteiger partial charge in [0.2, 0.25) is 0 Å². The summed E-state index contributed by atoms with van der Waals surface area (Å²) in [7, 11) is 0. The van der Waals surface area contributed by atoms with Crippen molar-refractivity contribution in [3.8, 4) is 55.6 Å². The monoisotopic (exact) mass is 872 g/mol. The summed E-state index contributed by atoms with van der Waals surface area (Å²) in [6, 6.07) is 74.0. The van der Waals surface area contributed by atoms with E-state index in [1.54, 1.807) is 0 Å².